The highest BCUT2D eigenvalue weighted by Gasteiger charge is 2.18. The molecule has 0 radical (unpaired) electrons. The molecule has 0 unspecified atom stereocenters. The number of aliphatic hydroxyl groups is 1. The normalized spacial score (nSPS) is 14.2. The molecule has 1 heterocycles. The zero-order valence-electron chi connectivity index (χ0n) is 8.72. The Kier molecular flexibility index (Phi) is 2.96. The van der Waals surface area contributed by atoms with Crippen LogP contribution < -0.4 is 9.64 Å². The number of aliphatic hydroxyl groups excluding tert-OH is 1. The fourth-order valence-electron chi connectivity index (χ4n) is 1.76. The van der Waals surface area contributed by atoms with Crippen LogP contribution in [0.1, 0.15) is 10.4 Å². The van der Waals surface area contributed by atoms with Gasteiger partial charge in [0.05, 0.1) is 24.4 Å². The first kappa shape index (κ1) is 10.8. The molecule has 0 saturated heterocycles. The van der Waals surface area contributed by atoms with Gasteiger partial charge in [0, 0.05) is 6.54 Å². The molecule has 1 aromatic carbocycles. The minimum absolute atomic E-state index is 0.0696. The van der Waals surface area contributed by atoms with Crippen LogP contribution in [0.15, 0.2) is 18.2 Å². The van der Waals surface area contributed by atoms with Crippen LogP contribution >= 0.6 is 0 Å². The molecular formula is C11H13NO4. The van der Waals surface area contributed by atoms with E-state index in [1.54, 1.807) is 12.1 Å². The van der Waals surface area contributed by atoms with Crippen molar-refractivity contribution in [2.45, 2.75) is 0 Å². The number of carboxylic acids is 1. The second-order valence-corrected chi connectivity index (χ2v) is 3.55. The van der Waals surface area contributed by atoms with Crippen molar-refractivity contribution in [2.75, 3.05) is 31.2 Å². The van der Waals surface area contributed by atoms with Crippen LogP contribution in [0.3, 0.4) is 0 Å². The van der Waals surface area contributed by atoms with E-state index in [-0.39, 0.29) is 12.2 Å². The SMILES string of the molecule is O=C(O)c1ccc2c(c1)OCCN2CCO. The number of carbonyl (C=O) groups is 1. The summed E-state index contributed by atoms with van der Waals surface area (Å²) >= 11 is 0. The lowest BCUT2D eigenvalue weighted by molar-refractivity contribution is 0.0696. The number of hydrogen-bond acceptors (Lipinski definition) is 4. The lowest BCUT2D eigenvalue weighted by Crippen LogP contribution is -2.34. The van der Waals surface area contributed by atoms with E-state index in [1.165, 1.54) is 6.07 Å². The molecular weight excluding hydrogens is 210 g/mol. The Morgan fingerprint density at radius 2 is 2.31 bits per heavy atom. The van der Waals surface area contributed by atoms with Crippen LogP contribution in [-0.2, 0) is 0 Å². The second-order valence-electron chi connectivity index (χ2n) is 3.55. The van der Waals surface area contributed by atoms with Crippen molar-refractivity contribution >= 4 is 11.7 Å². The molecule has 5 nitrogen and oxygen atoms in total. The fraction of sp³-hybridized carbons (Fsp3) is 0.364. The van der Waals surface area contributed by atoms with E-state index < -0.39 is 5.97 Å². The van der Waals surface area contributed by atoms with Gasteiger partial charge in [-0.3, -0.25) is 0 Å². The number of aromatic carboxylic acids is 1. The van der Waals surface area contributed by atoms with Crippen LogP contribution in [-0.4, -0.2) is 42.5 Å². The van der Waals surface area contributed by atoms with E-state index in [9.17, 15) is 4.79 Å². The first-order valence-corrected chi connectivity index (χ1v) is 5.08. The number of carboxylic acid groups (broad SMARTS) is 1. The number of benzene rings is 1. The Bertz CT molecular complexity index is 405. The summed E-state index contributed by atoms with van der Waals surface area (Å²) < 4.78 is 5.40. The van der Waals surface area contributed by atoms with E-state index in [4.69, 9.17) is 14.9 Å². The van der Waals surface area contributed by atoms with E-state index in [1.807, 2.05) is 4.90 Å². The van der Waals surface area contributed by atoms with Crippen molar-refractivity contribution in [3.05, 3.63) is 23.8 Å². The van der Waals surface area contributed by atoms with Gasteiger partial charge in [-0.1, -0.05) is 0 Å². The summed E-state index contributed by atoms with van der Waals surface area (Å²) in [5, 5.41) is 17.8. The molecule has 0 fully saturated rings. The lowest BCUT2D eigenvalue weighted by atomic mass is 10.1. The summed E-state index contributed by atoms with van der Waals surface area (Å²) in [4.78, 5) is 12.8. The quantitative estimate of drug-likeness (QED) is 0.784. The Morgan fingerprint density at radius 1 is 1.50 bits per heavy atom. The molecule has 1 aromatic rings. The molecule has 2 rings (SSSR count). The van der Waals surface area contributed by atoms with Crippen LogP contribution in [0, 0.1) is 0 Å². The van der Waals surface area contributed by atoms with Gasteiger partial charge < -0.3 is 19.8 Å². The van der Waals surface area contributed by atoms with Gasteiger partial charge in [0.1, 0.15) is 12.4 Å². The molecule has 5 heteroatoms. The lowest BCUT2D eigenvalue weighted by Gasteiger charge is -2.30. The third-order valence-corrected chi connectivity index (χ3v) is 2.54. The Hall–Kier alpha value is -1.75. The van der Waals surface area contributed by atoms with Crippen molar-refractivity contribution in [1.29, 1.82) is 0 Å². The van der Waals surface area contributed by atoms with Gasteiger partial charge in [0.25, 0.3) is 0 Å². The molecule has 2 N–H and O–H groups in total. The summed E-state index contributed by atoms with van der Waals surface area (Å²) in [5.74, 6) is -0.398. The molecule has 0 bridgehead atoms. The number of nitrogens with zero attached hydrogens (tertiary/aromatic N) is 1. The molecule has 0 atom stereocenters. The number of ether oxygens (including phenoxy) is 1. The van der Waals surface area contributed by atoms with E-state index in [0.29, 0.717) is 25.4 Å². The third-order valence-electron chi connectivity index (χ3n) is 2.54. The standard InChI is InChI=1S/C11H13NO4/c13-5-3-12-4-6-16-10-7-8(11(14)15)1-2-9(10)12/h1-2,7,13H,3-6H2,(H,14,15). The monoisotopic (exact) mass is 223 g/mol. The Morgan fingerprint density at radius 3 is 3.00 bits per heavy atom. The number of anilines is 1. The van der Waals surface area contributed by atoms with Gasteiger partial charge in [-0.05, 0) is 18.2 Å². The maximum absolute atomic E-state index is 10.8. The molecule has 0 amide bonds. The smallest absolute Gasteiger partial charge is 0.335 e. The van der Waals surface area contributed by atoms with Gasteiger partial charge >= 0.3 is 5.97 Å². The Labute approximate surface area is 92.9 Å². The number of β-amino-alcohol motifs (C(OH)–C–C–N with tert-alkyl or cyclic N) is 1. The van der Waals surface area contributed by atoms with Crippen molar-refractivity contribution in [1.82, 2.24) is 0 Å². The molecule has 16 heavy (non-hydrogen) atoms. The average Bonchev–Trinajstić information content (AvgIpc) is 2.29. The van der Waals surface area contributed by atoms with Gasteiger partial charge in [-0.2, -0.15) is 0 Å². The van der Waals surface area contributed by atoms with E-state index >= 15 is 0 Å². The van der Waals surface area contributed by atoms with Crippen LogP contribution in [0.25, 0.3) is 0 Å². The second kappa shape index (κ2) is 4.40. The highest BCUT2D eigenvalue weighted by atomic mass is 16.5. The van der Waals surface area contributed by atoms with Crippen molar-refractivity contribution in [3.8, 4) is 5.75 Å². The van der Waals surface area contributed by atoms with E-state index in [0.717, 1.165) is 5.69 Å². The topological polar surface area (TPSA) is 70.0 Å². The number of fused-ring (bicyclic) bond motifs is 1. The van der Waals surface area contributed by atoms with Gasteiger partial charge in [-0.25, -0.2) is 4.79 Å². The molecule has 0 aliphatic carbocycles. The molecule has 0 spiro atoms. The zero-order chi connectivity index (χ0) is 11.5. The minimum Gasteiger partial charge on any atom is -0.490 e. The first-order chi connectivity index (χ1) is 7.72. The maximum atomic E-state index is 10.8. The first-order valence-electron chi connectivity index (χ1n) is 5.08. The van der Waals surface area contributed by atoms with Crippen LogP contribution in [0.2, 0.25) is 0 Å². The minimum atomic E-state index is -0.967. The maximum Gasteiger partial charge on any atom is 0.335 e. The number of hydrogen-bond donors (Lipinski definition) is 2. The van der Waals surface area contributed by atoms with E-state index in [2.05, 4.69) is 0 Å². The van der Waals surface area contributed by atoms with Crippen LogP contribution in [0.4, 0.5) is 5.69 Å². The predicted molar refractivity (Wildman–Crippen MR) is 58.2 cm³/mol. The molecule has 0 aromatic heterocycles. The van der Waals surface area contributed by atoms with Crippen molar-refractivity contribution in [2.24, 2.45) is 0 Å². The Balaban J connectivity index is 2.32. The van der Waals surface area contributed by atoms with Crippen molar-refractivity contribution in [3.63, 3.8) is 0 Å². The molecule has 1 aliphatic rings. The summed E-state index contributed by atoms with van der Waals surface area (Å²) in [6.45, 7) is 1.82. The highest BCUT2D eigenvalue weighted by molar-refractivity contribution is 5.89. The van der Waals surface area contributed by atoms with Crippen molar-refractivity contribution < 1.29 is 19.7 Å². The van der Waals surface area contributed by atoms with Gasteiger partial charge in [0.2, 0.25) is 0 Å². The van der Waals surface area contributed by atoms with Crippen LogP contribution in [0.5, 0.6) is 5.75 Å². The summed E-state index contributed by atoms with van der Waals surface area (Å²) in [6, 6.07) is 4.77. The summed E-state index contributed by atoms with van der Waals surface area (Å²) in [5.41, 5.74) is 1.05. The van der Waals surface area contributed by atoms with Gasteiger partial charge in [-0.15, -0.1) is 0 Å². The molecule has 0 saturated carbocycles. The molecule has 86 valence electrons. The average molecular weight is 223 g/mol. The summed E-state index contributed by atoms with van der Waals surface area (Å²) in [6.07, 6.45) is 0. The largest absolute Gasteiger partial charge is 0.490 e. The predicted octanol–water partition coefficient (Wildman–Crippen LogP) is 0.576. The summed E-state index contributed by atoms with van der Waals surface area (Å²) in [7, 11) is 0. The third kappa shape index (κ3) is 1.94. The zero-order valence-corrected chi connectivity index (χ0v) is 8.72. The fourth-order valence-corrected chi connectivity index (χ4v) is 1.76. The number of rotatable bonds is 3. The molecule has 1 aliphatic heterocycles. The highest BCUT2D eigenvalue weighted by Crippen LogP contribution is 2.32. The van der Waals surface area contributed by atoms with Gasteiger partial charge in [0.15, 0.2) is 0 Å².